The monoisotopic (exact) mass is 463 g/mol. The number of imidazole rings is 1. The number of fused-ring (bicyclic) bond motifs is 1. The Balaban J connectivity index is 1.49. The van der Waals surface area contributed by atoms with Crippen LogP contribution in [-0.4, -0.2) is 39.5 Å². The summed E-state index contributed by atoms with van der Waals surface area (Å²) in [5.41, 5.74) is 8.23. The largest absolute Gasteiger partial charge is 0.465 e. The molecule has 9 heteroatoms. The topological polar surface area (TPSA) is 150 Å². The lowest BCUT2D eigenvalue weighted by molar-refractivity contribution is -0.127. The minimum absolute atomic E-state index is 0.0242. The third kappa shape index (κ3) is 5.72. The number of carbonyl (C=O) groups is 3. The van der Waals surface area contributed by atoms with Gasteiger partial charge in [0.25, 0.3) is 0 Å². The van der Waals surface area contributed by atoms with Crippen LogP contribution < -0.4 is 16.4 Å². The number of H-pyrrole nitrogens is 1. The van der Waals surface area contributed by atoms with Crippen molar-refractivity contribution in [2.24, 2.45) is 17.6 Å². The molecule has 1 aliphatic carbocycles. The molecule has 3 aromatic rings. The molecule has 6 N–H and O–H groups in total. The molecule has 0 spiro atoms. The lowest BCUT2D eigenvalue weighted by Crippen LogP contribution is -2.38. The quantitative estimate of drug-likeness (QED) is 0.348. The number of hydrogen-bond acceptors (Lipinski definition) is 4. The van der Waals surface area contributed by atoms with Crippen LogP contribution in [0.25, 0.3) is 11.0 Å². The van der Waals surface area contributed by atoms with E-state index in [1.165, 1.54) is 0 Å². The molecule has 0 unspecified atom stereocenters. The molecular formula is C25H29N5O4. The Morgan fingerprint density at radius 2 is 1.82 bits per heavy atom. The van der Waals surface area contributed by atoms with Gasteiger partial charge in [0.05, 0.1) is 17.1 Å². The summed E-state index contributed by atoms with van der Waals surface area (Å²) in [6, 6.07) is 14.5. The standard InChI is InChI=1S/C25H29N5O4/c26-22(31)18-10-11-19-20(13-18)29-23(28-19)21(12-15-4-2-1-3-5-15)30-24(32)17-8-6-16(7-9-17)14-27-25(33)34/h1-5,10-11,13,16-17,21,27H,6-9,12,14H2,(H2,26,31)(H,28,29)(H,30,32)(H,33,34)/t16?,17?,21-/m0/s1. The molecule has 4 rings (SSSR count). The number of nitrogens with two attached hydrogens (primary N) is 1. The normalized spacial score (nSPS) is 18.8. The van der Waals surface area contributed by atoms with Gasteiger partial charge in [-0.15, -0.1) is 0 Å². The van der Waals surface area contributed by atoms with Gasteiger partial charge in [-0.2, -0.15) is 0 Å². The molecule has 1 aromatic heterocycles. The molecule has 1 heterocycles. The van der Waals surface area contributed by atoms with Crippen LogP contribution >= 0.6 is 0 Å². The van der Waals surface area contributed by atoms with Gasteiger partial charge >= 0.3 is 6.09 Å². The van der Waals surface area contributed by atoms with Crippen molar-refractivity contribution >= 4 is 28.9 Å². The minimum atomic E-state index is -1.02. The third-order valence-electron chi connectivity index (χ3n) is 6.47. The summed E-state index contributed by atoms with van der Waals surface area (Å²) in [6.07, 6.45) is 2.60. The van der Waals surface area contributed by atoms with Gasteiger partial charge in [0.15, 0.2) is 0 Å². The van der Waals surface area contributed by atoms with Crippen LogP contribution in [0.5, 0.6) is 0 Å². The van der Waals surface area contributed by atoms with Crippen molar-refractivity contribution in [1.82, 2.24) is 20.6 Å². The summed E-state index contributed by atoms with van der Waals surface area (Å²) in [4.78, 5) is 43.4. The smallest absolute Gasteiger partial charge is 0.404 e. The fourth-order valence-corrected chi connectivity index (χ4v) is 4.56. The van der Waals surface area contributed by atoms with Crippen LogP contribution in [0, 0.1) is 11.8 Å². The lowest BCUT2D eigenvalue weighted by atomic mass is 9.81. The number of carboxylic acid groups (broad SMARTS) is 1. The molecular weight excluding hydrogens is 434 g/mol. The summed E-state index contributed by atoms with van der Waals surface area (Å²) < 4.78 is 0. The van der Waals surface area contributed by atoms with Gasteiger partial charge < -0.3 is 26.5 Å². The molecule has 178 valence electrons. The maximum absolute atomic E-state index is 13.2. The number of hydrogen-bond donors (Lipinski definition) is 5. The zero-order valence-corrected chi connectivity index (χ0v) is 18.8. The molecule has 0 aliphatic heterocycles. The highest BCUT2D eigenvalue weighted by Gasteiger charge is 2.29. The Morgan fingerprint density at radius 1 is 1.09 bits per heavy atom. The van der Waals surface area contributed by atoms with E-state index < -0.39 is 12.0 Å². The van der Waals surface area contributed by atoms with Crippen molar-refractivity contribution in [2.45, 2.75) is 38.1 Å². The molecule has 2 aromatic carbocycles. The predicted octanol–water partition coefficient (Wildman–Crippen LogP) is 3.14. The van der Waals surface area contributed by atoms with Crippen LogP contribution in [0.2, 0.25) is 0 Å². The van der Waals surface area contributed by atoms with Crippen molar-refractivity contribution in [3.05, 3.63) is 65.5 Å². The Morgan fingerprint density at radius 3 is 2.50 bits per heavy atom. The van der Waals surface area contributed by atoms with E-state index in [0.717, 1.165) is 31.2 Å². The summed E-state index contributed by atoms with van der Waals surface area (Å²) in [5.74, 6) is 0.221. The molecule has 0 bridgehead atoms. The highest BCUT2D eigenvalue weighted by Crippen LogP contribution is 2.30. The average Bonchev–Trinajstić information content (AvgIpc) is 3.26. The van der Waals surface area contributed by atoms with Gasteiger partial charge in [0, 0.05) is 18.0 Å². The van der Waals surface area contributed by atoms with E-state index in [0.29, 0.717) is 35.4 Å². The maximum Gasteiger partial charge on any atom is 0.404 e. The van der Waals surface area contributed by atoms with Crippen molar-refractivity contribution < 1.29 is 19.5 Å². The number of aromatic amines is 1. The molecule has 1 fully saturated rings. The van der Waals surface area contributed by atoms with Crippen molar-refractivity contribution in [3.8, 4) is 0 Å². The number of nitrogens with zero attached hydrogens (tertiary/aromatic N) is 1. The van der Waals surface area contributed by atoms with Gasteiger partial charge in [-0.25, -0.2) is 9.78 Å². The van der Waals surface area contributed by atoms with Crippen molar-refractivity contribution in [2.75, 3.05) is 6.54 Å². The van der Waals surface area contributed by atoms with Gasteiger partial charge in [0.2, 0.25) is 11.8 Å². The van der Waals surface area contributed by atoms with E-state index in [9.17, 15) is 14.4 Å². The second-order valence-corrected chi connectivity index (χ2v) is 8.87. The first-order valence-corrected chi connectivity index (χ1v) is 11.5. The fraction of sp³-hybridized carbons (Fsp3) is 0.360. The maximum atomic E-state index is 13.2. The number of aromatic nitrogens is 2. The second kappa shape index (κ2) is 10.4. The number of amides is 3. The van der Waals surface area contributed by atoms with Crippen LogP contribution in [-0.2, 0) is 11.2 Å². The fourth-order valence-electron chi connectivity index (χ4n) is 4.56. The van der Waals surface area contributed by atoms with Crippen LogP contribution in [0.3, 0.4) is 0 Å². The zero-order valence-electron chi connectivity index (χ0n) is 18.8. The van der Waals surface area contributed by atoms with E-state index in [2.05, 4.69) is 20.6 Å². The molecule has 0 saturated heterocycles. The van der Waals surface area contributed by atoms with E-state index >= 15 is 0 Å². The first-order valence-electron chi connectivity index (χ1n) is 11.5. The molecule has 1 atom stereocenters. The number of nitrogens with one attached hydrogen (secondary N) is 3. The Labute approximate surface area is 197 Å². The Hall–Kier alpha value is -3.88. The van der Waals surface area contributed by atoms with Crippen LogP contribution in [0.15, 0.2) is 48.5 Å². The number of benzene rings is 2. The van der Waals surface area contributed by atoms with Gasteiger partial charge in [-0.1, -0.05) is 30.3 Å². The van der Waals surface area contributed by atoms with E-state index in [1.54, 1.807) is 18.2 Å². The summed E-state index contributed by atoms with van der Waals surface area (Å²) in [7, 11) is 0. The SMILES string of the molecule is NC(=O)c1ccc2nc([C@H](Cc3ccccc3)NC(=O)C3CCC(CNC(=O)O)CC3)[nH]c2c1. The Kier molecular flexibility index (Phi) is 7.10. The second-order valence-electron chi connectivity index (χ2n) is 8.87. The number of carbonyl (C=O) groups excluding carboxylic acids is 2. The molecule has 3 amide bonds. The summed E-state index contributed by atoms with van der Waals surface area (Å²) in [5, 5.41) is 14.4. The van der Waals surface area contributed by atoms with Gasteiger partial charge in [0.1, 0.15) is 5.82 Å². The van der Waals surface area contributed by atoms with Crippen molar-refractivity contribution in [3.63, 3.8) is 0 Å². The molecule has 0 radical (unpaired) electrons. The average molecular weight is 464 g/mol. The number of primary amides is 1. The van der Waals surface area contributed by atoms with Crippen molar-refractivity contribution in [1.29, 1.82) is 0 Å². The highest BCUT2D eigenvalue weighted by molar-refractivity contribution is 5.96. The predicted molar refractivity (Wildman–Crippen MR) is 127 cm³/mol. The minimum Gasteiger partial charge on any atom is -0.465 e. The molecule has 34 heavy (non-hydrogen) atoms. The highest BCUT2D eigenvalue weighted by atomic mass is 16.4. The first-order chi connectivity index (χ1) is 16.4. The van der Waals surface area contributed by atoms with E-state index in [-0.39, 0.29) is 23.8 Å². The zero-order chi connectivity index (χ0) is 24.1. The Bertz CT molecular complexity index is 1170. The van der Waals surface area contributed by atoms with Crippen LogP contribution in [0.1, 0.15) is 53.5 Å². The first kappa shape index (κ1) is 23.3. The van der Waals surface area contributed by atoms with Gasteiger partial charge in [-0.05, 0) is 61.8 Å². The van der Waals surface area contributed by atoms with E-state index in [4.69, 9.17) is 10.8 Å². The third-order valence-corrected chi connectivity index (χ3v) is 6.47. The summed E-state index contributed by atoms with van der Waals surface area (Å²) >= 11 is 0. The summed E-state index contributed by atoms with van der Waals surface area (Å²) in [6.45, 7) is 0.423. The molecule has 9 nitrogen and oxygen atoms in total. The number of rotatable bonds is 8. The van der Waals surface area contributed by atoms with Crippen LogP contribution in [0.4, 0.5) is 4.79 Å². The molecule has 1 saturated carbocycles. The molecule has 1 aliphatic rings. The van der Waals surface area contributed by atoms with E-state index in [1.807, 2.05) is 30.3 Å². The lowest BCUT2D eigenvalue weighted by Gasteiger charge is -2.29. The van der Waals surface area contributed by atoms with Gasteiger partial charge in [-0.3, -0.25) is 9.59 Å².